The summed E-state index contributed by atoms with van der Waals surface area (Å²) in [5, 5.41) is 23.1. The number of rotatable bonds is 6. The van der Waals surface area contributed by atoms with Crippen molar-refractivity contribution in [2.45, 2.75) is 12.8 Å². The minimum atomic E-state index is -1.25. The van der Waals surface area contributed by atoms with Gasteiger partial charge in [0.05, 0.1) is 41.5 Å². The Morgan fingerprint density at radius 2 is 1.31 bits per heavy atom. The van der Waals surface area contributed by atoms with Crippen LogP contribution in [0.15, 0.2) is 85.2 Å². The molecule has 5 aromatic rings. The van der Waals surface area contributed by atoms with Crippen molar-refractivity contribution in [1.82, 2.24) is 0 Å². The van der Waals surface area contributed by atoms with Gasteiger partial charge in [-0.15, -0.1) is 0 Å². The average molecular weight is 486 g/mol. The van der Waals surface area contributed by atoms with Crippen LogP contribution < -0.4 is 20.7 Å². The Morgan fingerprint density at radius 1 is 0.778 bits per heavy atom. The van der Waals surface area contributed by atoms with Gasteiger partial charge in [-0.05, 0) is 48.9 Å². The summed E-state index contributed by atoms with van der Waals surface area (Å²) < 4.78 is 22.1. The summed E-state index contributed by atoms with van der Waals surface area (Å²) in [5.41, 5.74) is -1.44. The van der Waals surface area contributed by atoms with E-state index in [1.54, 1.807) is 73.7 Å². The summed E-state index contributed by atoms with van der Waals surface area (Å²) in [5.74, 6) is -1.20. The zero-order chi connectivity index (χ0) is 25.4. The van der Waals surface area contributed by atoms with E-state index in [9.17, 15) is 19.8 Å². The van der Waals surface area contributed by atoms with Gasteiger partial charge >= 0.3 is 11.3 Å². The first-order chi connectivity index (χ1) is 17.4. The number of aromatic hydroxyl groups is 2. The Kier molecular flexibility index (Phi) is 5.85. The number of hydrogen-bond acceptors (Lipinski definition) is 8. The summed E-state index contributed by atoms with van der Waals surface area (Å²) in [6, 6.07) is 17.8. The van der Waals surface area contributed by atoms with E-state index >= 15 is 0 Å². The van der Waals surface area contributed by atoms with Crippen LogP contribution in [0.25, 0.3) is 21.9 Å². The van der Waals surface area contributed by atoms with Crippen molar-refractivity contribution in [3.05, 3.63) is 104 Å². The molecule has 36 heavy (non-hydrogen) atoms. The molecule has 0 bridgehead atoms. The lowest BCUT2D eigenvalue weighted by Crippen LogP contribution is -2.21. The summed E-state index contributed by atoms with van der Waals surface area (Å²) in [7, 11) is 1.49. The molecule has 8 nitrogen and oxygen atoms in total. The third kappa shape index (κ3) is 3.73. The van der Waals surface area contributed by atoms with Crippen molar-refractivity contribution < 1.29 is 28.5 Å². The maximum absolute atomic E-state index is 13.3. The van der Waals surface area contributed by atoms with Gasteiger partial charge in [0.2, 0.25) is 0 Å². The molecule has 0 fully saturated rings. The van der Waals surface area contributed by atoms with E-state index in [0.29, 0.717) is 23.7 Å². The molecule has 0 aliphatic heterocycles. The Labute approximate surface area is 204 Å². The van der Waals surface area contributed by atoms with Crippen LogP contribution in [0.5, 0.6) is 23.0 Å². The number of ether oxygens (including phenoxy) is 2. The number of fused-ring (bicyclic) bond motifs is 2. The Hall–Kier alpha value is -4.72. The van der Waals surface area contributed by atoms with Crippen LogP contribution in [0.3, 0.4) is 0 Å². The Balaban J connectivity index is 1.89. The number of para-hydroxylation sites is 2. The Morgan fingerprint density at radius 3 is 1.81 bits per heavy atom. The normalized spacial score (nSPS) is 11.3. The number of hydrogen-bond donors (Lipinski definition) is 2. The molecule has 0 saturated carbocycles. The van der Waals surface area contributed by atoms with Gasteiger partial charge in [-0.3, -0.25) is 0 Å². The lowest BCUT2D eigenvalue weighted by atomic mass is 9.84. The van der Waals surface area contributed by atoms with E-state index in [0.717, 1.165) is 0 Å². The minimum absolute atomic E-state index is 0.182. The molecule has 0 atom stereocenters. The van der Waals surface area contributed by atoms with Crippen LogP contribution >= 0.6 is 0 Å². The van der Waals surface area contributed by atoms with Gasteiger partial charge in [-0.1, -0.05) is 30.3 Å². The highest BCUT2D eigenvalue weighted by atomic mass is 16.5. The van der Waals surface area contributed by atoms with Crippen LogP contribution in [0.4, 0.5) is 0 Å². The zero-order valence-corrected chi connectivity index (χ0v) is 19.5. The predicted molar refractivity (Wildman–Crippen MR) is 133 cm³/mol. The zero-order valence-electron chi connectivity index (χ0n) is 19.5. The molecule has 0 unspecified atom stereocenters. The molecule has 8 heteroatoms. The molecule has 2 aromatic heterocycles. The second kappa shape index (κ2) is 9.14. The average Bonchev–Trinajstić information content (AvgIpc) is 2.88. The molecule has 3 aromatic carbocycles. The molecule has 182 valence electrons. The molecule has 0 radical (unpaired) electrons. The third-order valence-electron chi connectivity index (χ3n) is 6.04. The van der Waals surface area contributed by atoms with Crippen molar-refractivity contribution >= 4 is 21.9 Å². The number of benzene rings is 3. The second-order valence-corrected chi connectivity index (χ2v) is 8.07. The summed E-state index contributed by atoms with van der Waals surface area (Å²) >= 11 is 0. The minimum Gasteiger partial charge on any atom is -0.507 e. The fourth-order valence-corrected chi connectivity index (χ4v) is 4.42. The van der Waals surface area contributed by atoms with Crippen molar-refractivity contribution in [3.8, 4) is 23.0 Å². The van der Waals surface area contributed by atoms with E-state index in [-0.39, 0.29) is 44.6 Å². The summed E-state index contributed by atoms with van der Waals surface area (Å²) in [4.78, 5) is 26.5. The fraction of sp³-hybridized carbons (Fsp3) is 0.143. The van der Waals surface area contributed by atoms with Crippen molar-refractivity contribution in [2.24, 2.45) is 0 Å². The topological polar surface area (TPSA) is 119 Å². The first kappa shape index (κ1) is 23.0. The molecule has 0 amide bonds. The maximum atomic E-state index is 13.3. The molecule has 5 rings (SSSR count). The summed E-state index contributed by atoms with van der Waals surface area (Å²) in [6.07, 6.45) is 0. The molecule has 0 spiro atoms. The predicted octanol–water partition coefficient (Wildman–Crippen LogP) is 4.90. The highest BCUT2D eigenvalue weighted by Gasteiger charge is 2.33. The highest BCUT2D eigenvalue weighted by molar-refractivity contribution is 5.87. The quantitative estimate of drug-likeness (QED) is 0.325. The molecule has 0 aliphatic rings. The van der Waals surface area contributed by atoms with Gasteiger partial charge < -0.3 is 28.5 Å². The van der Waals surface area contributed by atoms with Crippen molar-refractivity contribution in [1.29, 1.82) is 0 Å². The van der Waals surface area contributed by atoms with Crippen molar-refractivity contribution in [2.75, 3.05) is 13.7 Å². The van der Waals surface area contributed by atoms with E-state index < -0.39 is 17.2 Å². The largest absolute Gasteiger partial charge is 0.507 e. The molecule has 2 N–H and O–H groups in total. The first-order valence-electron chi connectivity index (χ1n) is 11.2. The van der Waals surface area contributed by atoms with E-state index in [4.69, 9.17) is 18.3 Å². The van der Waals surface area contributed by atoms with Gasteiger partial charge in [0.15, 0.2) is 11.5 Å². The first-order valence-corrected chi connectivity index (χ1v) is 11.2. The van der Waals surface area contributed by atoms with Gasteiger partial charge in [0, 0.05) is 0 Å². The molecule has 2 heterocycles. The van der Waals surface area contributed by atoms with E-state index in [2.05, 4.69) is 0 Å². The lowest BCUT2D eigenvalue weighted by molar-refractivity contribution is 0.310. The lowest BCUT2D eigenvalue weighted by Gasteiger charge is -2.21. The van der Waals surface area contributed by atoms with E-state index in [1.807, 2.05) is 0 Å². The molecule has 0 aliphatic carbocycles. The second-order valence-electron chi connectivity index (χ2n) is 8.07. The van der Waals surface area contributed by atoms with Crippen LogP contribution in [-0.2, 0) is 0 Å². The van der Waals surface area contributed by atoms with Gasteiger partial charge in [-0.25, -0.2) is 9.59 Å². The van der Waals surface area contributed by atoms with Crippen LogP contribution in [-0.4, -0.2) is 23.9 Å². The maximum Gasteiger partial charge on any atom is 0.344 e. The van der Waals surface area contributed by atoms with Crippen molar-refractivity contribution in [3.63, 3.8) is 0 Å². The molecular formula is C28H22O8. The Bertz CT molecular complexity index is 1610. The van der Waals surface area contributed by atoms with Gasteiger partial charge in [-0.2, -0.15) is 0 Å². The SMILES string of the molecule is CCOc1cc(C(c2c(O)c3ccccc3oc2=O)c2c(O)c3ccccc3oc2=O)ccc1OC. The number of methoxy groups -OCH3 is 1. The van der Waals surface area contributed by atoms with Gasteiger partial charge in [0.25, 0.3) is 0 Å². The van der Waals surface area contributed by atoms with Gasteiger partial charge in [0.1, 0.15) is 22.7 Å². The van der Waals surface area contributed by atoms with Crippen LogP contribution in [0.1, 0.15) is 29.5 Å². The van der Waals surface area contributed by atoms with Crippen LogP contribution in [0, 0.1) is 0 Å². The highest BCUT2D eigenvalue weighted by Crippen LogP contribution is 2.43. The standard InChI is InChI=1S/C28H22O8/c1-3-34-21-14-15(12-13-20(21)33-2)22(23-25(29)16-8-4-6-10-18(16)35-27(23)31)24-26(30)17-9-5-7-11-19(17)36-28(24)32/h4-14,22,29-30H,3H2,1-2H3. The summed E-state index contributed by atoms with van der Waals surface area (Å²) in [6.45, 7) is 2.13. The van der Waals surface area contributed by atoms with Crippen LogP contribution in [0.2, 0.25) is 0 Å². The fourth-order valence-electron chi connectivity index (χ4n) is 4.42. The van der Waals surface area contributed by atoms with E-state index in [1.165, 1.54) is 7.11 Å². The molecular weight excluding hydrogens is 464 g/mol. The third-order valence-corrected chi connectivity index (χ3v) is 6.04. The monoisotopic (exact) mass is 486 g/mol. The smallest absolute Gasteiger partial charge is 0.344 e. The molecule has 0 saturated heterocycles.